The van der Waals surface area contributed by atoms with E-state index in [1.807, 2.05) is 0 Å². The Morgan fingerprint density at radius 2 is 1.70 bits per heavy atom. The van der Waals surface area contributed by atoms with Gasteiger partial charge in [-0.2, -0.15) is 13.2 Å². The van der Waals surface area contributed by atoms with Crippen molar-refractivity contribution in [3.05, 3.63) is 59.7 Å². The molecule has 0 aliphatic rings. The van der Waals surface area contributed by atoms with Gasteiger partial charge in [-0.25, -0.2) is 17.5 Å². The lowest BCUT2D eigenvalue weighted by Gasteiger charge is -2.12. The Labute approximate surface area is 128 Å². The van der Waals surface area contributed by atoms with E-state index in [1.54, 1.807) is 0 Å². The molecule has 0 atom stereocenters. The molecular formula is C13H8F4N2O3S. The molecule has 1 N–H and O–H groups in total. The van der Waals surface area contributed by atoms with Crippen molar-refractivity contribution in [2.75, 3.05) is 0 Å². The topological polar surface area (TPSA) is 76.1 Å². The van der Waals surface area contributed by atoms with Crippen molar-refractivity contribution in [3.63, 3.8) is 0 Å². The van der Waals surface area contributed by atoms with E-state index in [-0.39, 0.29) is 0 Å². The van der Waals surface area contributed by atoms with Crippen molar-refractivity contribution in [1.29, 1.82) is 0 Å². The van der Waals surface area contributed by atoms with Gasteiger partial charge >= 0.3 is 6.18 Å². The van der Waals surface area contributed by atoms with Gasteiger partial charge in [0.25, 0.3) is 15.9 Å². The fourth-order valence-corrected chi connectivity index (χ4v) is 2.61. The summed E-state index contributed by atoms with van der Waals surface area (Å²) in [6, 6.07) is 4.98. The summed E-state index contributed by atoms with van der Waals surface area (Å²) < 4.78 is 76.5. The van der Waals surface area contributed by atoms with Gasteiger partial charge in [0.15, 0.2) is 0 Å². The number of sulfonamides is 1. The maximum absolute atomic E-state index is 12.8. The second-order valence-electron chi connectivity index (χ2n) is 4.29. The van der Waals surface area contributed by atoms with Crippen molar-refractivity contribution < 1.29 is 30.8 Å². The fraction of sp³-hybridized carbons (Fsp3) is 0.0769. The number of aromatic nitrogens is 1. The van der Waals surface area contributed by atoms with Crippen molar-refractivity contribution in [2.45, 2.75) is 11.1 Å². The largest absolute Gasteiger partial charge is 0.418 e. The summed E-state index contributed by atoms with van der Waals surface area (Å²) in [5, 5.41) is 0. The lowest BCUT2D eigenvalue weighted by atomic mass is 10.2. The Bertz CT molecular complexity index is 833. The normalized spacial score (nSPS) is 12.0. The average molecular weight is 348 g/mol. The molecule has 5 nitrogen and oxygen atoms in total. The molecule has 0 aliphatic carbocycles. The predicted octanol–water partition coefficient (Wildman–Crippen LogP) is 2.36. The molecule has 1 aromatic carbocycles. The summed E-state index contributed by atoms with van der Waals surface area (Å²) in [6.45, 7) is 0. The maximum atomic E-state index is 12.8. The number of hydrogen-bond donors (Lipinski definition) is 1. The van der Waals surface area contributed by atoms with Crippen LogP contribution < -0.4 is 4.72 Å². The number of benzene rings is 1. The maximum Gasteiger partial charge on any atom is 0.418 e. The lowest BCUT2D eigenvalue weighted by molar-refractivity contribution is -0.138. The Morgan fingerprint density at radius 1 is 1.09 bits per heavy atom. The highest BCUT2D eigenvalue weighted by molar-refractivity contribution is 7.90. The van der Waals surface area contributed by atoms with Crippen LogP contribution >= 0.6 is 0 Å². The third-order valence-electron chi connectivity index (χ3n) is 2.68. The summed E-state index contributed by atoms with van der Waals surface area (Å²) in [6.07, 6.45) is -3.95. The first kappa shape index (κ1) is 16.9. The van der Waals surface area contributed by atoms with Crippen LogP contribution in [0.1, 0.15) is 16.1 Å². The van der Waals surface area contributed by atoms with Crippen molar-refractivity contribution in [2.24, 2.45) is 0 Å². The number of alkyl halides is 3. The van der Waals surface area contributed by atoms with Crippen LogP contribution in [0.15, 0.2) is 47.5 Å². The third-order valence-corrected chi connectivity index (χ3v) is 4.03. The van der Waals surface area contributed by atoms with Gasteiger partial charge in [-0.15, -0.1) is 0 Å². The Hall–Kier alpha value is -2.49. The summed E-state index contributed by atoms with van der Waals surface area (Å²) in [7, 11) is -4.46. The number of amides is 1. The lowest BCUT2D eigenvalue weighted by Crippen LogP contribution is -2.32. The highest BCUT2D eigenvalue weighted by Crippen LogP contribution is 2.31. The van der Waals surface area contributed by atoms with E-state index >= 15 is 0 Å². The van der Waals surface area contributed by atoms with Crippen molar-refractivity contribution in [1.82, 2.24) is 9.71 Å². The van der Waals surface area contributed by atoms with E-state index < -0.39 is 44.1 Å². The number of pyridine rings is 1. The Balaban J connectivity index is 2.34. The standard InChI is InChI=1S/C13H8F4N2O3S/c14-8-3-5-9(6-4-8)23(21,22)19-12(20)11-10(13(15,16)17)2-1-7-18-11/h1-7H,(H,19,20). The first-order valence-corrected chi connectivity index (χ1v) is 7.44. The quantitative estimate of drug-likeness (QED) is 0.864. The van der Waals surface area contributed by atoms with E-state index in [0.717, 1.165) is 36.5 Å². The van der Waals surface area contributed by atoms with Crippen LogP contribution in [0.5, 0.6) is 0 Å². The fourth-order valence-electron chi connectivity index (χ4n) is 1.66. The SMILES string of the molecule is O=C(NS(=O)(=O)c1ccc(F)cc1)c1ncccc1C(F)(F)F. The smallest absolute Gasteiger partial charge is 0.266 e. The Kier molecular flexibility index (Phi) is 4.37. The Morgan fingerprint density at radius 3 is 2.26 bits per heavy atom. The van der Waals surface area contributed by atoms with E-state index in [1.165, 1.54) is 4.72 Å². The molecule has 1 amide bonds. The number of carbonyl (C=O) groups is 1. The minimum atomic E-state index is -4.87. The van der Waals surface area contributed by atoms with Gasteiger partial charge in [-0.3, -0.25) is 9.78 Å². The molecule has 1 heterocycles. The molecule has 0 saturated carbocycles. The number of nitrogens with one attached hydrogen (secondary N) is 1. The number of hydrogen-bond acceptors (Lipinski definition) is 4. The van der Waals surface area contributed by atoms with Gasteiger partial charge in [0.05, 0.1) is 10.5 Å². The van der Waals surface area contributed by atoms with Gasteiger partial charge < -0.3 is 0 Å². The summed E-state index contributed by atoms with van der Waals surface area (Å²) >= 11 is 0. The van der Waals surface area contributed by atoms with Crippen LogP contribution in [-0.4, -0.2) is 19.3 Å². The van der Waals surface area contributed by atoms with Crippen LogP contribution in [0.2, 0.25) is 0 Å². The zero-order valence-corrected chi connectivity index (χ0v) is 12.0. The van der Waals surface area contributed by atoms with E-state index in [0.29, 0.717) is 6.07 Å². The number of nitrogens with zero attached hydrogens (tertiary/aromatic N) is 1. The molecule has 0 saturated heterocycles. The molecular weight excluding hydrogens is 340 g/mol. The molecule has 23 heavy (non-hydrogen) atoms. The molecule has 0 unspecified atom stereocenters. The van der Waals surface area contributed by atoms with E-state index in [2.05, 4.69) is 4.98 Å². The average Bonchev–Trinajstić information content (AvgIpc) is 2.46. The molecule has 0 fully saturated rings. The zero-order valence-electron chi connectivity index (χ0n) is 11.1. The first-order valence-electron chi connectivity index (χ1n) is 5.96. The van der Waals surface area contributed by atoms with Gasteiger partial charge in [0.2, 0.25) is 0 Å². The number of rotatable bonds is 3. The van der Waals surface area contributed by atoms with Gasteiger partial charge in [0, 0.05) is 6.20 Å². The van der Waals surface area contributed by atoms with Crippen LogP contribution in [0.4, 0.5) is 17.6 Å². The second kappa shape index (κ2) is 5.95. The number of carbonyl (C=O) groups excluding carboxylic acids is 1. The molecule has 0 bridgehead atoms. The molecule has 122 valence electrons. The number of halogens is 4. The van der Waals surface area contributed by atoms with Crippen molar-refractivity contribution >= 4 is 15.9 Å². The molecule has 0 spiro atoms. The molecule has 0 aliphatic heterocycles. The molecule has 2 aromatic rings. The zero-order chi connectivity index (χ0) is 17.3. The summed E-state index contributed by atoms with van der Waals surface area (Å²) in [5.41, 5.74) is -2.45. The summed E-state index contributed by atoms with van der Waals surface area (Å²) in [4.78, 5) is 14.6. The van der Waals surface area contributed by atoms with Crippen LogP contribution in [-0.2, 0) is 16.2 Å². The van der Waals surface area contributed by atoms with Crippen LogP contribution in [0, 0.1) is 5.82 Å². The van der Waals surface area contributed by atoms with E-state index in [4.69, 9.17) is 0 Å². The van der Waals surface area contributed by atoms with Crippen LogP contribution in [0.25, 0.3) is 0 Å². The molecule has 10 heteroatoms. The predicted molar refractivity (Wildman–Crippen MR) is 70.3 cm³/mol. The third kappa shape index (κ3) is 3.83. The monoisotopic (exact) mass is 348 g/mol. The van der Waals surface area contributed by atoms with E-state index in [9.17, 15) is 30.8 Å². The van der Waals surface area contributed by atoms with Gasteiger partial charge in [0.1, 0.15) is 11.5 Å². The van der Waals surface area contributed by atoms with Crippen LogP contribution in [0.3, 0.4) is 0 Å². The molecule has 1 aromatic heterocycles. The van der Waals surface area contributed by atoms with Gasteiger partial charge in [-0.1, -0.05) is 0 Å². The highest BCUT2D eigenvalue weighted by atomic mass is 32.2. The minimum Gasteiger partial charge on any atom is -0.266 e. The molecule has 0 radical (unpaired) electrons. The summed E-state index contributed by atoms with van der Waals surface area (Å²) in [5.74, 6) is -2.25. The van der Waals surface area contributed by atoms with Gasteiger partial charge in [-0.05, 0) is 36.4 Å². The van der Waals surface area contributed by atoms with Crippen molar-refractivity contribution in [3.8, 4) is 0 Å². The minimum absolute atomic E-state index is 0.475. The second-order valence-corrected chi connectivity index (χ2v) is 5.97. The first-order chi connectivity index (χ1) is 10.6. The highest BCUT2D eigenvalue weighted by Gasteiger charge is 2.36. The molecule has 2 rings (SSSR count).